The van der Waals surface area contributed by atoms with Crippen LogP contribution in [0.15, 0.2) is 12.4 Å². The van der Waals surface area contributed by atoms with Crippen LogP contribution in [-0.2, 0) is 4.79 Å². The van der Waals surface area contributed by atoms with Crippen LogP contribution in [0.25, 0.3) is 0 Å². The second kappa shape index (κ2) is 4.44. The second-order valence-corrected chi connectivity index (χ2v) is 3.81. The molecule has 1 fully saturated rings. The number of hydrogen-bond donors (Lipinski definition) is 2. The van der Waals surface area contributed by atoms with Crippen molar-refractivity contribution in [3.63, 3.8) is 0 Å². The molecule has 1 aromatic heterocycles. The van der Waals surface area contributed by atoms with Gasteiger partial charge in [-0.3, -0.25) is 4.79 Å². The van der Waals surface area contributed by atoms with Gasteiger partial charge in [0.05, 0.1) is 0 Å². The largest absolute Gasteiger partial charge is 0.367 e. The van der Waals surface area contributed by atoms with Gasteiger partial charge in [-0.25, -0.2) is 9.97 Å². The number of nitrogens with one attached hydrogen (secondary N) is 2. The molecule has 2 rings (SSSR count). The molecule has 1 aliphatic heterocycles. The molecule has 80 valence electrons. The van der Waals surface area contributed by atoms with Gasteiger partial charge in [-0.05, 0) is 0 Å². The third-order valence-corrected chi connectivity index (χ3v) is 2.55. The van der Waals surface area contributed by atoms with Gasteiger partial charge in [-0.15, -0.1) is 0 Å². The Morgan fingerprint density at radius 2 is 2.33 bits per heavy atom. The number of carbonyl (C=O) groups is 1. The minimum absolute atomic E-state index is 0.104. The quantitative estimate of drug-likeness (QED) is 0.796. The van der Waals surface area contributed by atoms with Crippen molar-refractivity contribution in [2.24, 2.45) is 5.92 Å². The summed E-state index contributed by atoms with van der Waals surface area (Å²) in [6, 6.07) is 0. The minimum atomic E-state index is 0.104. The normalized spacial score (nSPS) is 20.1. The molecule has 0 aromatic carbocycles. The van der Waals surface area contributed by atoms with Gasteiger partial charge < -0.3 is 10.6 Å². The first-order chi connectivity index (χ1) is 7.25. The van der Waals surface area contributed by atoms with Gasteiger partial charge in [0.25, 0.3) is 0 Å². The lowest BCUT2D eigenvalue weighted by Gasteiger charge is -2.09. The standard InChI is InChI=1S/C9H11ClN4O/c10-8-9(12-2-1-11-8)14-5-6-3-7(15)13-4-6/h1-2,6H,3-5H2,(H,12,14)(H,13,15). The van der Waals surface area contributed by atoms with Crippen molar-refractivity contribution in [1.29, 1.82) is 0 Å². The van der Waals surface area contributed by atoms with Gasteiger partial charge in [-0.2, -0.15) is 0 Å². The van der Waals surface area contributed by atoms with Gasteiger partial charge in [0, 0.05) is 37.8 Å². The highest BCUT2D eigenvalue weighted by atomic mass is 35.5. The van der Waals surface area contributed by atoms with Crippen molar-refractivity contribution >= 4 is 23.3 Å². The Kier molecular flexibility index (Phi) is 3.01. The molecule has 1 aromatic rings. The van der Waals surface area contributed by atoms with Gasteiger partial charge >= 0.3 is 0 Å². The minimum Gasteiger partial charge on any atom is -0.367 e. The van der Waals surface area contributed by atoms with Crippen molar-refractivity contribution in [3.05, 3.63) is 17.5 Å². The van der Waals surface area contributed by atoms with E-state index in [1.165, 1.54) is 6.20 Å². The van der Waals surface area contributed by atoms with E-state index in [1.54, 1.807) is 6.20 Å². The lowest BCUT2D eigenvalue weighted by molar-refractivity contribution is -0.119. The zero-order chi connectivity index (χ0) is 10.7. The molecule has 2 N–H and O–H groups in total. The van der Waals surface area contributed by atoms with Gasteiger partial charge in [0.1, 0.15) is 0 Å². The first-order valence-electron chi connectivity index (χ1n) is 4.73. The Balaban J connectivity index is 1.88. The number of nitrogens with zero attached hydrogens (tertiary/aromatic N) is 2. The van der Waals surface area contributed by atoms with Crippen LogP contribution in [0.1, 0.15) is 6.42 Å². The van der Waals surface area contributed by atoms with E-state index in [4.69, 9.17) is 11.6 Å². The molecular formula is C9H11ClN4O. The number of rotatable bonds is 3. The number of carbonyl (C=O) groups excluding carboxylic acids is 1. The Labute approximate surface area is 92.3 Å². The Morgan fingerprint density at radius 1 is 1.53 bits per heavy atom. The highest BCUT2D eigenvalue weighted by molar-refractivity contribution is 6.31. The summed E-state index contributed by atoms with van der Waals surface area (Å²) >= 11 is 5.82. The fourth-order valence-electron chi connectivity index (χ4n) is 1.49. The molecule has 1 saturated heterocycles. The zero-order valence-electron chi connectivity index (χ0n) is 8.03. The summed E-state index contributed by atoms with van der Waals surface area (Å²) in [5.74, 6) is 0.973. The molecule has 0 aliphatic carbocycles. The van der Waals surface area contributed by atoms with Crippen LogP contribution in [-0.4, -0.2) is 29.0 Å². The van der Waals surface area contributed by atoms with Crippen LogP contribution < -0.4 is 10.6 Å². The van der Waals surface area contributed by atoms with E-state index in [0.717, 1.165) is 0 Å². The molecular weight excluding hydrogens is 216 g/mol. The van der Waals surface area contributed by atoms with Crippen LogP contribution in [0.4, 0.5) is 5.82 Å². The highest BCUT2D eigenvalue weighted by Gasteiger charge is 2.21. The second-order valence-electron chi connectivity index (χ2n) is 3.45. The average molecular weight is 227 g/mol. The maximum absolute atomic E-state index is 10.9. The van der Waals surface area contributed by atoms with Crippen LogP contribution in [0, 0.1) is 5.92 Å². The smallest absolute Gasteiger partial charge is 0.220 e. The van der Waals surface area contributed by atoms with Crippen LogP contribution in [0.5, 0.6) is 0 Å². The Bertz CT molecular complexity index is 371. The summed E-state index contributed by atoms with van der Waals surface area (Å²) in [7, 11) is 0. The monoisotopic (exact) mass is 226 g/mol. The van der Waals surface area contributed by atoms with E-state index in [1.807, 2.05) is 0 Å². The number of anilines is 1. The number of amides is 1. The van der Waals surface area contributed by atoms with Crippen molar-refractivity contribution in [3.8, 4) is 0 Å². The van der Waals surface area contributed by atoms with Crippen LogP contribution >= 0.6 is 11.6 Å². The van der Waals surface area contributed by atoms with E-state index in [0.29, 0.717) is 36.4 Å². The maximum atomic E-state index is 10.9. The predicted molar refractivity (Wildman–Crippen MR) is 56.6 cm³/mol. The molecule has 15 heavy (non-hydrogen) atoms. The number of hydrogen-bond acceptors (Lipinski definition) is 4. The number of aromatic nitrogens is 2. The first-order valence-corrected chi connectivity index (χ1v) is 5.10. The topological polar surface area (TPSA) is 66.9 Å². The predicted octanol–water partition coefficient (Wildman–Crippen LogP) is 0.678. The van der Waals surface area contributed by atoms with Crippen molar-refractivity contribution in [2.75, 3.05) is 18.4 Å². The fraction of sp³-hybridized carbons (Fsp3) is 0.444. The first kappa shape index (κ1) is 10.2. The molecule has 1 atom stereocenters. The lowest BCUT2D eigenvalue weighted by Crippen LogP contribution is -2.18. The third-order valence-electron chi connectivity index (χ3n) is 2.27. The molecule has 0 bridgehead atoms. The summed E-state index contributed by atoms with van der Waals surface area (Å²) < 4.78 is 0. The molecule has 0 saturated carbocycles. The summed E-state index contributed by atoms with van der Waals surface area (Å²) in [5, 5.41) is 6.21. The number of halogens is 1. The molecule has 1 amide bonds. The Hall–Kier alpha value is -1.36. The molecule has 0 radical (unpaired) electrons. The van der Waals surface area contributed by atoms with E-state index in [-0.39, 0.29) is 5.91 Å². The summed E-state index contributed by atoms with van der Waals surface area (Å²) in [6.07, 6.45) is 3.67. The highest BCUT2D eigenvalue weighted by Crippen LogP contribution is 2.16. The summed E-state index contributed by atoms with van der Waals surface area (Å²) in [5.41, 5.74) is 0. The molecule has 6 heteroatoms. The molecule has 1 unspecified atom stereocenters. The van der Waals surface area contributed by atoms with Crippen LogP contribution in [0.3, 0.4) is 0 Å². The zero-order valence-corrected chi connectivity index (χ0v) is 8.79. The van der Waals surface area contributed by atoms with Gasteiger partial charge in [-0.1, -0.05) is 11.6 Å². The van der Waals surface area contributed by atoms with E-state index < -0.39 is 0 Å². The van der Waals surface area contributed by atoms with E-state index >= 15 is 0 Å². The average Bonchev–Trinajstić information content (AvgIpc) is 2.63. The third kappa shape index (κ3) is 2.56. The van der Waals surface area contributed by atoms with Gasteiger partial charge in [0.2, 0.25) is 5.91 Å². The lowest BCUT2D eigenvalue weighted by atomic mass is 10.1. The fourth-order valence-corrected chi connectivity index (χ4v) is 1.66. The Morgan fingerprint density at radius 3 is 3.00 bits per heavy atom. The van der Waals surface area contributed by atoms with Crippen molar-refractivity contribution in [2.45, 2.75) is 6.42 Å². The van der Waals surface area contributed by atoms with Crippen LogP contribution in [0.2, 0.25) is 5.15 Å². The molecule has 1 aliphatic rings. The van der Waals surface area contributed by atoms with Gasteiger partial charge in [0.15, 0.2) is 11.0 Å². The van der Waals surface area contributed by atoms with Crippen molar-refractivity contribution < 1.29 is 4.79 Å². The molecule has 2 heterocycles. The van der Waals surface area contributed by atoms with E-state index in [9.17, 15) is 4.79 Å². The molecule has 5 nitrogen and oxygen atoms in total. The summed E-state index contributed by atoms with van der Waals surface area (Å²) in [4.78, 5) is 18.9. The van der Waals surface area contributed by atoms with Crippen molar-refractivity contribution in [1.82, 2.24) is 15.3 Å². The maximum Gasteiger partial charge on any atom is 0.220 e. The SMILES string of the molecule is O=C1CC(CNc2nccnc2Cl)CN1. The molecule has 0 spiro atoms. The van der Waals surface area contributed by atoms with E-state index in [2.05, 4.69) is 20.6 Å². The summed E-state index contributed by atoms with van der Waals surface area (Å²) in [6.45, 7) is 1.39.